The Morgan fingerprint density at radius 3 is 1.67 bits per heavy atom. The van der Waals surface area contributed by atoms with Crippen molar-refractivity contribution in [3.63, 3.8) is 0 Å². The highest BCUT2D eigenvalue weighted by atomic mass is 16.7. The van der Waals surface area contributed by atoms with Crippen LogP contribution in [0, 0.1) is 0 Å². The average Bonchev–Trinajstić information content (AvgIpc) is 4.05. The molecule has 1 N–H and O–H groups in total. The second-order valence-corrected chi connectivity index (χ2v) is 19.2. The molecular weight excluding hydrogens is 961 g/mol. The zero-order chi connectivity index (χ0) is 52.5. The predicted molar refractivity (Wildman–Crippen MR) is 285 cm³/mol. The Balaban J connectivity index is 0.000000205. The lowest BCUT2D eigenvalue weighted by Gasteiger charge is -2.25. The molecule has 0 radical (unpaired) electrons. The Labute approximate surface area is 440 Å². The minimum absolute atomic E-state index is 0.0916. The molecule has 2 saturated carbocycles. The molecule has 2 aromatic heterocycles. The number of nitrogens with zero attached hydrogens (tertiary/aromatic N) is 1. The summed E-state index contributed by atoms with van der Waals surface area (Å²) in [6.45, 7) is 2.27. The number of methoxy groups -OCH3 is 6. The number of hydrogen-bond acceptors (Lipinski definition) is 14. The van der Waals surface area contributed by atoms with Gasteiger partial charge in [0.25, 0.3) is 0 Å². The number of fused-ring (bicyclic) bond motifs is 2. The molecule has 1 atom stereocenters. The summed E-state index contributed by atoms with van der Waals surface area (Å²) in [5, 5.41) is 2.26. The van der Waals surface area contributed by atoms with Gasteiger partial charge < -0.3 is 66.4 Å². The fourth-order valence-corrected chi connectivity index (χ4v) is 10.9. The number of aromatic amines is 1. The van der Waals surface area contributed by atoms with Crippen LogP contribution in [0.15, 0.2) is 72.8 Å². The number of H-pyrrole nitrogens is 1. The molecular formula is C59H74N2O14. The maximum absolute atomic E-state index is 12.6. The van der Waals surface area contributed by atoms with Crippen molar-refractivity contribution < 1.29 is 66.4 Å². The third-order valence-electron chi connectivity index (χ3n) is 14.4. The molecule has 9 rings (SSSR count). The number of ether oxygens (including phenoxy) is 12. The Bertz CT molecular complexity index is 2800. The highest BCUT2D eigenvalue weighted by Crippen LogP contribution is 2.48. The second kappa shape index (κ2) is 27.6. The first-order chi connectivity index (χ1) is 36.8. The Morgan fingerprint density at radius 2 is 1.09 bits per heavy atom. The highest BCUT2D eigenvalue weighted by molar-refractivity contribution is 6.00. The van der Waals surface area contributed by atoms with Crippen LogP contribution in [0.25, 0.3) is 44.3 Å². The molecule has 0 amide bonds. The SMILES string of the molecule is COCOc1ccc(-c2[nH]c3cc(C(=O)OC)ccc3c2C2CCCCC2)c(OCOC)c1.COCOc1ccc(-c2c(C3CCCCC3)c3ccc(C(=O)OC)cc3n2CCOC2CCCCO2)c(OCOC)c1. The number of nitrogens with one attached hydrogen (secondary N) is 1. The monoisotopic (exact) mass is 1030 g/mol. The standard InChI is InChI=1S/C33H43NO8.C26H31NO6/c1-36-21-41-25-13-15-27(29(20-25)42-22-37-2)32-31(23-9-5-4-6-10-23)26-14-12-24(33(35)38-3)19-28(26)34(32)16-18-40-30-11-7-8-17-39-30;1-29-15-32-19-10-12-21(23(14-19)33-16-30-2)25-24(17-7-5-4-6-8-17)20-11-9-18(26(28)31-3)13-22(20)27-25/h12-15,19-20,23,30H,4-11,16-18,21-22H2,1-3H3;9-14,17,27H,4-8,15-16H2,1-3H3. The molecule has 1 aliphatic heterocycles. The number of carbonyl (C=O) groups is 2. The van der Waals surface area contributed by atoms with Crippen molar-refractivity contribution >= 4 is 33.7 Å². The molecule has 3 aliphatic rings. The van der Waals surface area contributed by atoms with Crippen LogP contribution in [0.4, 0.5) is 0 Å². The average molecular weight is 1040 g/mol. The zero-order valence-electron chi connectivity index (χ0n) is 44.5. The van der Waals surface area contributed by atoms with Gasteiger partial charge >= 0.3 is 11.9 Å². The molecule has 16 nitrogen and oxygen atoms in total. The Morgan fingerprint density at radius 1 is 0.560 bits per heavy atom. The lowest BCUT2D eigenvalue weighted by Crippen LogP contribution is -2.24. The van der Waals surface area contributed by atoms with Crippen LogP contribution in [0.1, 0.15) is 127 Å². The van der Waals surface area contributed by atoms with E-state index in [9.17, 15) is 9.59 Å². The van der Waals surface area contributed by atoms with Crippen molar-refractivity contribution in [2.24, 2.45) is 0 Å². The summed E-state index contributed by atoms with van der Waals surface area (Å²) >= 11 is 0. The maximum Gasteiger partial charge on any atom is 0.337 e. The lowest BCUT2D eigenvalue weighted by molar-refractivity contribution is -0.163. The lowest BCUT2D eigenvalue weighted by atomic mass is 9.81. The first-order valence-corrected chi connectivity index (χ1v) is 26.3. The van der Waals surface area contributed by atoms with Gasteiger partial charge in [0.05, 0.1) is 43.3 Å². The van der Waals surface area contributed by atoms with Gasteiger partial charge in [-0.1, -0.05) is 50.7 Å². The van der Waals surface area contributed by atoms with Crippen LogP contribution in [-0.4, -0.2) is 111 Å². The summed E-state index contributed by atoms with van der Waals surface area (Å²) in [6.07, 6.45) is 14.7. The molecule has 4 aromatic carbocycles. The van der Waals surface area contributed by atoms with Crippen molar-refractivity contribution in [1.29, 1.82) is 0 Å². The van der Waals surface area contributed by atoms with Crippen LogP contribution >= 0.6 is 0 Å². The van der Waals surface area contributed by atoms with Crippen LogP contribution < -0.4 is 18.9 Å². The van der Waals surface area contributed by atoms with E-state index in [0.717, 1.165) is 95.9 Å². The first kappa shape index (κ1) is 55.1. The number of carbonyl (C=O) groups excluding carboxylic acids is 2. The first-order valence-electron chi connectivity index (χ1n) is 26.3. The third kappa shape index (κ3) is 13.5. The van der Waals surface area contributed by atoms with Crippen LogP contribution in [-0.2, 0) is 44.4 Å². The molecule has 404 valence electrons. The quantitative estimate of drug-likeness (QED) is 0.0504. The molecule has 1 unspecified atom stereocenters. The van der Waals surface area contributed by atoms with Gasteiger partial charge in [-0.05, 0) is 116 Å². The number of benzene rings is 4. The highest BCUT2D eigenvalue weighted by Gasteiger charge is 2.30. The van der Waals surface area contributed by atoms with Crippen molar-refractivity contribution in [3.05, 3.63) is 95.1 Å². The topological polar surface area (TPSA) is 166 Å². The zero-order valence-corrected chi connectivity index (χ0v) is 44.5. The summed E-state index contributed by atoms with van der Waals surface area (Å²) < 4.78 is 68.4. The van der Waals surface area contributed by atoms with Crippen molar-refractivity contribution in [3.8, 4) is 45.5 Å². The van der Waals surface area contributed by atoms with Crippen molar-refractivity contribution in [1.82, 2.24) is 9.55 Å². The molecule has 0 spiro atoms. The summed E-state index contributed by atoms with van der Waals surface area (Å²) in [6, 6.07) is 23.2. The van der Waals surface area contributed by atoms with Gasteiger partial charge in [0.1, 0.15) is 23.0 Å². The number of aromatic nitrogens is 2. The van der Waals surface area contributed by atoms with Crippen LogP contribution in [0.2, 0.25) is 0 Å². The molecule has 3 fully saturated rings. The van der Waals surface area contributed by atoms with Crippen LogP contribution in [0.5, 0.6) is 23.0 Å². The number of hydrogen-bond donors (Lipinski definition) is 1. The Kier molecular flexibility index (Phi) is 20.3. The molecule has 75 heavy (non-hydrogen) atoms. The van der Waals surface area contributed by atoms with Gasteiger partial charge in [0.2, 0.25) is 0 Å². The summed E-state index contributed by atoms with van der Waals surface area (Å²) in [7, 11) is 9.18. The summed E-state index contributed by atoms with van der Waals surface area (Å²) in [4.78, 5) is 28.3. The molecule has 16 heteroatoms. The fraction of sp³-hybridized carbons (Fsp3) is 0.492. The smallest absolute Gasteiger partial charge is 0.337 e. The summed E-state index contributed by atoms with van der Waals surface area (Å²) in [5.41, 5.74) is 9.39. The van der Waals surface area contributed by atoms with Gasteiger partial charge in [-0.3, -0.25) is 0 Å². The van der Waals surface area contributed by atoms with Crippen molar-refractivity contribution in [2.75, 3.05) is 83.0 Å². The Hall–Kier alpha value is -6.14. The number of rotatable bonds is 22. The van der Waals surface area contributed by atoms with E-state index in [1.54, 1.807) is 28.4 Å². The predicted octanol–water partition coefficient (Wildman–Crippen LogP) is 12.3. The van der Waals surface area contributed by atoms with E-state index in [2.05, 4.69) is 15.6 Å². The van der Waals surface area contributed by atoms with E-state index in [4.69, 9.17) is 56.8 Å². The van der Waals surface area contributed by atoms with E-state index in [-0.39, 0.29) is 45.4 Å². The third-order valence-corrected chi connectivity index (χ3v) is 14.4. The van der Waals surface area contributed by atoms with E-state index < -0.39 is 0 Å². The molecule has 1 saturated heterocycles. The van der Waals surface area contributed by atoms with E-state index in [1.165, 1.54) is 63.9 Å². The van der Waals surface area contributed by atoms with Gasteiger partial charge in [-0.25, -0.2) is 9.59 Å². The molecule has 2 aliphatic carbocycles. The minimum atomic E-state index is -0.360. The second-order valence-electron chi connectivity index (χ2n) is 19.2. The molecule has 3 heterocycles. The van der Waals surface area contributed by atoms with Crippen molar-refractivity contribution in [2.45, 2.75) is 108 Å². The molecule has 6 aromatic rings. The molecule has 0 bridgehead atoms. The number of esters is 2. The van der Waals surface area contributed by atoms with E-state index >= 15 is 0 Å². The van der Waals surface area contributed by atoms with E-state index in [1.807, 2.05) is 66.7 Å². The van der Waals surface area contributed by atoms with Gasteiger partial charge in [0, 0.05) is 86.7 Å². The van der Waals surface area contributed by atoms with Gasteiger partial charge in [0.15, 0.2) is 33.5 Å². The van der Waals surface area contributed by atoms with E-state index in [0.29, 0.717) is 59.1 Å². The normalized spacial score (nSPS) is 16.3. The largest absolute Gasteiger partial charge is 0.467 e. The van der Waals surface area contributed by atoms with Crippen LogP contribution in [0.3, 0.4) is 0 Å². The fourth-order valence-electron chi connectivity index (χ4n) is 10.9. The summed E-state index contributed by atoms with van der Waals surface area (Å²) in [5.74, 6) is 2.69. The maximum atomic E-state index is 12.6. The van der Waals surface area contributed by atoms with Gasteiger partial charge in [-0.2, -0.15) is 0 Å². The van der Waals surface area contributed by atoms with Gasteiger partial charge in [-0.15, -0.1) is 0 Å². The minimum Gasteiger partial charge on any atom is -0.467 e.